The van der Waals surface area contributed by atoms with Crippen LogP contribution in [-0.4, -0.2) is 33.3 Å². The molecule has 2 aromatic heterocycles. The molecule has 1 saturated heterocycles. The van der Waals surface area contributed by atoms with Crippen molar-refractivity contribution in [1.82, 2.24) is 19.9 Å². The van der Waals surface area contributed by atoms with Gasteiger partial charge in [-0.15, -0.1) is 0 Å². The number of hydrogen-bond donors (Lipinski definition) is 2. The molecule has 3 N–H and O–H groups in total. The predicted molar refractivity (Wildman–Crippen MR) is 149 cm³/mol. The highest BCUT2D eigenvalue weighted by Gasteiger charge is 2.35. The number of aromatic nitrogens is 3. The second-order valence-electron chi connectivity index (χ2n) is 11.1. The van der Waals surface area contributed by atoms with Crippen LogP contribution in [0.1, 0.15) is 58.7 Å². The van der Waals surface area contributed by atoms with Gasteiger partial charge < -0.3 is 19.8 Å². The van der Waals surface area contributed by atoms with Crippen molar-refractivity contribution in [3.05, 3.63) is 66.6 Å². The minimum atomic E-state index is -0.561. The number of carbonyl (C=O) groups excluding carboxylic acids is 1. The van der Waals surface area contributed by atoms with E-state index in [1.807, 2.05) is 63.2 Å². The zero-order valence-electron chi connectivity index (χ0n) is 22.6. The highest BCUT2D eigenvalue weighted by atomic mass is 16.6. The minimum Gasteiger partial charge on any atom is -0.457 e. The average molecular weight is 514 g/mol. The Labute approximate surface area is 223 Å². The van der Waals surface area contributed by atoms with E-state index >= 15 is 0 Å². The monoisotopic (exact) mass is 513 g/mol. The number of rotatable bonds is 6. The first-order valence-corrected chi connectivity index (χ1v) is 13.1. The number of fused-ring (bicyclic) bond motifs is 1. The van der Waals surface area contributed by atoms with Crippen molar-refractivity contribution in [3.8, 4) is 22.6 Å². The van der Waals surface area contributed by atoms with Crippen LogP contribution >= 0.6 is 0 Å². The Kier molecular flexibility index (Phi) is 6.84. The van der Waals surface area contributed by atoms with E-state index in [1.165, 1.54) is 6.33 Å². The Morgan fingerprint density at radius 1 is 1.05 bits per heavy atom. The van der Waals surface area contributed by atoms with Crippen molar-refractivity contribution in [1.29, 1.82) is 0 Å². The number of benzene rings is 2. The van der Waals surface area contributed by atoms with E-state index in [4.69, 9.17) is 15.2 Å². The van der Waals surface area contributed by atoms with Crippen LogP contribution in [0.25, 0.3) is 22.2 Å². The van der Waals surface area contributed by atoms with Crippen LogP contribution in [0, 0.1) is 5.41 Å². The number of esters is 1. The molecule has 1 unspecified atom stereocenters. The van der Waals surface area contributed by atoms with Gasteiger partial charge in [0.05, 0.1) is 16.8 Å². The Morgan fingerprint density at radius 3 is 2.39 bits per heavy atom. The van der Waals surface area contributed by atoms with Crippen LogP contribution in [0.2, 0.25) is 0 Å². The molecule has 2 atom stereocenters. The topological polar surface area (TPSA) is 104 Å². The molecular formula is C30H35N5O3. The minimum absolute atomic E-state index is 0.0383. The fourth-order valence-electron chi connectivity index (χ4n) is 4.99. The molecule has 2 aromatic carbocycles. The van der Waals surface area contributed by atoms with Crippen LogP contribution in [0.4, 0.5) is 5.82 Å². The number of nitrogen functional groups attached to an aromatic ring is 1. The maximum absolute atomic E-state index is 12.5. The lowest BCUT2D eigenvalue weighted by Gasteiger charge is -2.22. The summed E-state index contributed by atoms with van der Waals surface area (Å²) in [4.78, 5) is 21.5. The fraction of sp³-hybridized carbons (Fsp3) is 0.367. The van der Waals surface area contributed by atoms with Crippen LogP contribution in [0.5, 0.6) is 11.5 Å². The highest BCUT2D eigenvalue weighted by Crippen LogP contribution is 2.43. The molecule has 4 aromatic rings. The Hall–Kier alpha value is -3.91. The van der Waals surface area contributed by atoms with Crippen molar-refractivity contribution in [3.63, 3.8) is 0 Å². The van der Waals surface area contributed by atoms with E-state index < -0.39 is 5.41 Å². The summed E-state index contributed by atoms with van der Waals surface area (Å²) in [5, 5.41) is 4.21. The standard InChI is InChI=1S/C30H35N5O3/c1-18(2)26-24(19-11-13-22(14-12-19)37-21-9-7-6-8-10-21)25-27(31)33-17-34-28(25)35(26)20-15-23(32-16-20)38-29(36)30(3,4)5/h6-14,17-18,20,23,32H,15-16H2,1-5H3,(H2,31,33,34)/t20-,23?/m1/s1. The molecule has 8 nitrogen and oxygen atoms in total. The van der Waals surface area contributed by atoms with Crippen molar-refractivity contribution in [2.45, 2.75) is 59.2 Å². The number of nitrogens with one attached hydrogen (secondary N) is 1. The smallest absolute Gasteiger partial charge is 0.312 e. The molecule has 5 rings (SSSR count). The van der Waals surface area contributed by atoms with Gasteiger partial charge in [0.2, 0.25) is 0 Å². The summed E-state index contributed by atoms with van der Waals surface area (Å²) in [6, 6.07) is 17.8. The van der Waals surface area contributed by atoms with E-state index in [-0.39, 0.29) is 24.2 Å². The molecule has 198 valence electrons. The summed E-state index contributed by atoms with van der Waals surface area (Å²) in [5.74, 6) is 1.93. The maximum Gasteiger partial charge on any atom is 0.312 e. The average Bonchev–Trinajstić information content (AvgIpc) is 3.47. The van der Waals surface area contributed by atoms with Gasteiger partial charge in [-0.3, -0.25) is 10.1 Å². The zero-order chi connectivity index (χ0) is 27.0. The number of para-hydroxylation sites is 1. The van der Waals surface area contributed by atoms with Crippen molar-refractivity contribution in [2.75, 3.05) is 12.3 Å². The second kappa shape index (κ2) is 10.1. The normalized spacial score (nSPS) is 17.7. The van der Waals surface area contributed by atoms with Crippen LogP contribution in [0.15, 0.2) is 60.9 Å². The maximum atomic E-state index is 12.5. The van der Waals surface area contributed by atoms with Crippen LogP contribution in [-0.2, 0) is 9.53 Å². The number of anilines is 1. The number of hydrogen-bond acceptors (Lipinski definition) is 7. The molecule has 0 bridgehead atoms. The van der Waals surface area contributed by atoms with E-state index in [0.717, 1.165) is 39.4 Å². The molecule has 8 heteroatoms. The molecule has 0 saturated carbocycles. The third-order valence-electron chi connectivity index (χ3n) is 6.81. The van der Waals surface area contributed by atoms with Gasteiger partial charge >= 0.3 is 5.97 Å². The largest absolute Gasteiger partial charge is 0.457 e. The predicted octanol–water partition coefficient (Wildman–Crippen LogP) is 6.05. The van der Waals surface area contributed by atoms with Crippen LogP contribution < -0.4 is 15.8 Å². The lowest BCUT2D eigenvalue weighted by atomic mass is 9.97. The van der Waals surface area contributed by atoms with Gasteiger partial charge in [0.1, 0.15) is 29.3 Å². The van der Waals surface area contributed by atoms with Gasteiger partial charge in [-0.25, -0.2) is 9.97 Å². The summed E-state index contributed by atoms with van der Waals surface area (Å²) >= 11 is 0. The second-order valence-corrected chi connectivity index (χ2v) is 11.1. The van der Waals surface area contributed by atoms with Gasteiger partial charge in [0.15, 0.2) is 6.23 Å². The molecule has 0 spiro atoms. The van der Waals surface area contributed by atoms with E-state index in [1.54, 1.807) is 0 Å². The van der Waals surface area contributed by atoms with Gasteiger partial charge in [-0.2, -0.15) is 0 Å². The van der Waals surface area contributed by atoms with Gasteiger partial charge in [0, 0.05) is 24.2 Å². The third kappa shape index (κ3) is 4.96. The molecular weight excluding hydrogens is 478 g/mol. The zero-order valence-corrected chi connectivity index (χ0v) is 22.6. The molecule has 38 heavy (non-hydrogen) atoms. The van der Waals surface area contributed by atoms with Gasteiger partial charge in [-0.05, 0) is 56.5 Å². The summed E-state index contributed by atoms with van der Waals surface area (Å²) in [5.41, 5.74) is 9.86. The SMILES string of the molecule is CC(C)c1c(-c2ccc(Oc3ccccc3)cc2)c2c(N)ncnc2n1[C@H]1CNC(OC(=O)C(C)(C)C)C1. The van der Waals surface area contributed by atoms with Crippen molar-refractivity contribution >= 4 is 22.8 Å². The van der Waals surface area contributed by atoms with Gasteiger partial charge in [-0.1, -0.05) is 44.2 Å². The first-order chi connectivity index (χ1) is 18.1. The quantitative estimate of drug-likeness (QED) is 0.303. The number of nitrogens with zero attached hydrogens (tertiary/aromatic N) is 3. The third-order valence-corrected chi connectivity index (χ3v) is 6.81. The van der Waals surface area contributed by atoms with Gasteiger partial charge in [0.25, 0.3) is 0 Å². The van der Waals surface area contributed by atoms with Crippen molar-refractivity contribution < 1.29 is 14.3 Å². The Balaban J connectivity index is 1.54. The molecule has 0 radical (unpaired) electrons. The molecule has 1 aliphatic rings. The van der Waals surface area contributed by atoms with Crippen molar-refractivity contribution in [2.24, 2.45) is 5.41 Å². The Morgan fingerprint density at radius 2 is 1.74 bits per heavy atom. The molecule has 0 amide bonds. The van der Waals surface area contributed by atoms with Crippen LogP contribution in [0.3, 0.4) is 0 Å². The molecule has 0 aliphatic carbocycles. The molecule has 3 heterocycles. The summed E-state index contributed by atoms with van der Waals surface area (Å²) in [7, 11) is 0. The molecule has 1 aliphatic heterocycles. The summed E-state index contributed by atoms with van der Waals surface area (Å²) in [6.45, 7) is 10.6. The molecule has 1 fully saturated rings. The first-order valence-electron chi connectivity index (χ1n) is 13.1. The summed E-state index contributed by atoms with van der Waals surface area (Å²) < 4.78 is 14.1. The number of carbonyl (C=O) groups is 1. The van der Waals surface area contributed by atoms with E-state index in [2.05, 4.69) is 45.8 Å². The van der Waals surface area contributed by atoms with E-state index in [9.17, 15) is 4.79 Å². The van der Waals surface area contributed by atoms with E-state index in [0.29, 0.717) is 18.8 Å². The fourth-order valence-corrected chi connectivity index (χ4v) is 4.99. The summed E-state index contributed by atoms with van der Waals surface area (Å²) in [6.07, 6.45) is 1.79. The lowest BCUT2D eigenvalue weighted by Crippen LogP contribution is -2.33. The number of ether oxygens (including phenoxy) is 2. The highest BCUT2D eigenvalue weighted by molar-refractivity contribution is 6.02. The number of nitrogens with two attached hydrogens (primary N) is 1. The lowest BCUT2D eigenvalue weighted by molar-refractivity contribution is -0.159. The first kappa shape index (κ1) is 25.7. The Bertz CT molecular complexity index is 1440.